The standard InChI is InChI=1S/C8H11N2O/c1-3-4-7-5-9-6-10-8(7)11-2/h5H,3-4H2,1-2H3. The molecule has 0 fully saturated rings. The normalized spacial score (nSPS) is 9.64. The molecule has 1 rings (SSSR count). The van der Waals surface area contributed by atoms with Crippen LogP contribution in [0.5, 0.6) is 5.88 Å². The summed E-state index contributed by atoms with van der Waals surface area (Å²) in [5.41, 5.74) is 1.05. The fraction of sp³-hybridized carbons (Fsp3) is 0.500. The minimum atomic E-state index is 0.641. The molecule has 0 amide bonds. The Balaban J connectivity index is 2.83. The molecule has 0 aliphatic heterocycles. The average Bonchev–Trinajstić information content (AvgIpc) is 2.06. The van der Waals surface area contributed by atoms with Crippen LogP contribution in [-0.4, -0.2) is 17.1 Å². The van der Waals surface area contributed by atoms with E-state index >= 15 is 0 Å². The lowest BCUT2D eigenvalue weighted by molar-refractivity contribution is 0.390. The Labute approximate surface area is 66.4 Å². The van der Waals surface area contributed by atoms with Crippen LogP contribution in [0.1, 0.15) is 18.9 Å². The maximum Gasteiger partial charge on any atom is 0.220 e. The van der Waals surface area contributed by atoms with Crippen LogP contribution < -0.4 is 4.74 Å². The summed E-state index contributed by atoms with van der Waals surface area (Å²) in [6.45, 7) is 2.11. The van der Waals surface area contributed by atoms with Crippen LogP contribution in [0.25, 0.3) is 0 Å². The first kappa shape index (κ1) is 7.98. The molecule has 1 aromatic rings. The van der Waals surface area contributed by atoms with E-state index < -0.39 is 0 Å². The summed E-state index contributed by atoms with van der Waals surface area (Å²) in [5.74, 6) is 0.641. The Morgan fingerprint density at radius 1 is 1.64 bits per heavy atom. The fourth-order valence-corrected chi connectivity index (χ4v) is 0.926. The van der Waals surface area contributed by atoms with Crippen LogP contribution in [0.4, 0.5) is 0 Å². The third-order valence-corrected chi connectivity index (χ3v) is 1.42. The zero-order chi connectivity index (χ0) is 8.10. The van der Waals surface area contributed by atoms with Crippen molar-refractivity contribution >= 4 is 0 Å². The highest BCUT2D eigenvalue weighted by Gasteiger charge is 2.01. The zero-order valence-corrected chi connectivity index (χ0v) is 6.79. The van der Waals surface area contributed by atoms with E-state index in [9.17, 15) is 0 Å². The summed E-state index contributed by atoms with van der Waals surface area (Å²) in [4.78, 5) is 7.65. The van der Waals surface area contributed by atoms with E-state index in [1.165, 1.54) is 0 Å². The van der Waals surface area contributed by atoms with Crippen LogP contribution in [-0.2, 0) is 6.42 Å². The highest BCUT2D eigenvalue weighted by atomic mass is 16.5. The summed E-state index contributed by atoms with van der Waals surface area (Å²) in [6, 6.07) is 0. The van der Waals surface area contributed by atoms with Crippen molar-refractivity contribution in [2.75, 3.05) is 7.11 Å². The number of ether oxygens (including phenoxy) is 1. The second kappa shape index (κ2) is 3.91. The van der Waals surface area contributed by atoms with Crippen molar-refractivity contribution in [3.8, 4) is 5.88 Å². The molecular weight excluding hydrogens is 140 g/mol. The second-order valence-corrected chi connectivity index (χ2v) is 2.25. The summed E-state index contributed by atoms with van der Waals surface area (Å²) < 4.78 is 5.02. The summed E-state index contributed by atoms with van der Waals surface area (Å²) in [7, 11) is 1.61. The zero-order valence-electron chi connectivity index (χ0n) is 6.79. The largest absolute Gasteiger partial charge is 0.481 e. The molecule has 0 aromatic carbocycles. The van der Waals surface area contributed by atoms with E-state index in [1.807, 2.05) is 0 Å². The molecule has 3 heteroatoms. The van der Waals surface area contributed by atoms with E-state index in [2.05, 4.69) is 23.2 Å². The van der Waals surface area contributed by atoms with Crippen molar-refractivity contribution in [1.82, 2.24) is 9.97 Å². The van der Waals surface area contributed by atoms with E-state index in [1.54, 1.807) is 13.3 Å². The smallest absolute Gasteiger partial charge is 0.220 e. The van der Waals surface area contributed by atoms with Gasteiger partial charge in [-0.05, 0) is 6.42 Å². The highest BCUT2D eigenvalue weighted by Crippen LogP contribution is 2.13. The molecule has 0 aliphatic carbocycles. The predicted octanol–water partition coefficient (Wildman–Crippen LogP) is 1.24. The molecule has 0 bridgehead atoms. The molecule has 0 unspecified atom stereocenters. The number of hydrogen-bond acceptors (Lipinski definition) is 3. The molecule has 0 aliphatic rings. The Kier molecular flexibility index (Phi) is 2.83. The first-order chi connectivity index (χ1) is 5.38. The van der Waals surface area contributed by atoms with Crippen LogP contribution >= 0.6 is 0 Å². The third-order valence-electron chi connectivity index (χ3n) is 1.42. The summed E-state index contributed by atoms with van der Waals surface area (Å²) in [6.07, 6.45) is 6.26. The average molecular weight is 151 g/mol. The molecule has 1 radical (unpaired) electrons. The van der Waals surface area contributed by atoms with Gasteiger partial charge in [-0.1, -0.05) is 13.3 Å². The van der Waals surface area contributed by atoms with Gasteiger partial charge in [0, 0.05) is 11.8 Å². The second-order valence-electron chi connectivity index (χ2n) is 2.25. The number of aromatic nitrogens is 2. The van der Waals surface area contributed by atoms with Crippen LogP contribution in [0, 0.1) is 6.33 Å². The molecule has 11 heavy (non-hydrogen) atoms. The first-order valence-electron chi connectivity index (χ1n) is 3.64. The van der Waals surface area contributed by atoms with Crippen molar-refractivity contribution in [2.45, 2.75) is 19.8 Å². The Hall–Kier alpha value is -1.12. The van der Waals surface area contributed by atoms with E-state index in [0.717, 1.165) is 18.4 Å². The minimum absolute atomic E-state index is 0.641. The predicted molar refractivity (Wildman–Crippen MR) is 41.4 cm³/mol. The highest BCUT2D eigenvalue weighted by molar-refractivity contribution is 5.21. The molecular formula is C8H11N2O. The van der Waals surface area contributed by atoms with Gasteiger partial charge in [-0.15, -0.1) is 0 Å². The lowest BCUT2D eigenvalue weighted by atomic mass is 10.2. The monoisotopic (exact) mass is 151 g/mol. The van der Waals surface area contributed by atoms with Gasteiger partial charge in [0.25, 0.3) is 0 Å². The molecule has 0 saturated carbocycles. The van der Waals surface area contributed by atoms with Gasteiger partial charge in [0.1, 0.15) is 0 Å². The van der Waals surface area contributed by atoms with Gasteiger partial charge >= 0.3 is 0 Å². The lowest BCUT2D eigenvalue weighted by Crippen LogP contribution is -1.95. The quantitative estimate of drug-likeness (QED) is 0.651. The summed E-state index contributed by atoms with van der Waals surface area (Å²) >= 11 is 0. The van der Waals surface area contributed by atoms with Crippen molar-refractivity contribution < 1.29 is 4.74 Å². The van der Waals surface area contributed by atoms with Crippen molar-refractivity contribution in [1.29, 1.82) is 0 Å². The molecule has 59 valence electrons. The fourth-order valence-electron chi connectivity index (χ4n) is 0.926. The van der Waals surface area contributed by atoms with Gasteiger partial charge in [0.2, 0.25) is 12.2 Å². The lowest BCUT2D eigenvalue weighted by Gasteiger charge is -2.02. The molecule has 0 atom stereocenters. The van der Waals surface area contributed by atoms with E-state index in [4.69, 9.17) is 4.74 Å². The topological polar surface area (TPSA) is 35.0 Å². The number of methoxy groups -OCH3 is 1. The number of hydrogen-bond donors (Lipinski definition) is 0. The SMILES string of the molecule is CCCc1cn[c]nc1OC. The van der Waals surface area contributed by atoms with Crippen LogP contribution in [0.2, 0.25) is 0 Å². The van der Waals surface area contributed by atoms with Crippen molar-refractivity contribution in [2.24, 2.45) is 0 Å². The number of rotatable bonds is 3. The third kappa shape index (κ3) is 1.90. The van der Waals surface area contributed by atoms with Crippen molar-refractivity contribution in [3.05, 3.63) is 18.1 Å². The molecule has 0 spiro atoms. The Morgan fingerprint density at radius 3 is 3.09 bits per heavy atom. The van der Waals surface area contributed by atoms with E-state index in [-0.39, 0.29) is 0 Å². The molecule has 1 heterocycles. The first-order valence-corrected chi connectivity index (χ1v) is 3.64. The van der Waals surface area contributed by atoms with E-state index in [0.29, 0.717) is 5.88 Å². The number of nitrogens with zero attached hydrogens (tertiary/aromatic N) is 2. The van der Waals surface area contributed by atoms with Gasteiger partial charge in [-0.25, -0.2) is 4.98 Å². The van der Waals surface area contributed by atoms with Crippen molar-refractivity contribution in [3.63, 3.8) is 0 Å². The Morgan fingerprint density at radius 2 is 2.45 bits per heavy atom. The maximum atomic E-state index is 5.02. The van der Waals surface area contributed by atoms with Gasteiger partial charge in [0.15, 0.2) is 0 Å². The van der Waals surface area contributed by atoms with Gasteiger partial charge < -0.3 is 4.74 Å². The van der Waals surface area contributed by atoms with Gasteiger partial charge in [-0.2, -0.15) is 4.98 Å². The van der Waals surface area contributed by atoms with Crippen LogP contribution in [0.3, 0.4) is 0 Å². The van der Waals surface area contributed by atoms with Gasteiger partial charge in [-0.3, -0.25) is 0 Å². The molecule has 3 nitrogen and oxygen atoms in total. The Bertz CT molecular complexity index is 225. The maximum absolute atomic E-state index is 5.02. The molecule has 1 aromatic heterocycles. The minimum Gasteiger partial charge on any atom is -0.481 e. The van der Waals surface area contributed by atoms with Crippen LogP contribution in [0.15, 0.2) is 6.20 Å². The van der Waals surface area contributed by atoms with Gasteiger partial charge in [0.05, 0.1) is 7.11 Å². The number of aryl methyl sites for hydroxylation is 1. The summed E-state index contributed by atoms with van der Waals surface area (Å²) in [5, 5.41) is 0. The molecule has 0 saturated heterocycles. The molecule has 0 N–H and O–H groups in total.